The van der Waals surface area contributed by atoms with E-state index in [-0.39, 0.29) is 5.56 Å². The molecule has 0 bridgehead atoms. The Hall–Kier alpha value is -2.77. The summed E-state index contributed by atoms with van der Waals surface area (Å²) in [4.78, 5) is 26.3. The fraction of sp³-hybridized carbons (Fsp3) is 0. The number of aliphatic imine (C=N–C) groups is 1. The average molecular weight is 249 g/mol. The molecular formula is C16H11NO2. The van der Waals surface area contributed by atoms with Gasteiger partial charge in [0, 0.05) is 11.6 Å². The summed E-state index contributed by atoms with van der Waals surface area (Å²) in [6.45, 7) is 0. The third-order valence-corrected chi connectivity index (χ3v) is 2.52. The number of amides is 1. The summed E-state index contributed by atoms with van der Waals surface area (Å²) in [7, 11) is 0. The molecule has 0 saturated heterocycles. The van der Waals surface area contributed by atoms with Gasteiger partial charge in [0.2, 0.25) is 0 Å². The summed E-state index contributed by atoms with van der Waals surface area (Å²) in [6, 6.07) is 16.0. The van der Waals surface area contributed by atoms with Gasteiger partial charge >= 0.3 is 0 Å². The van der Waals surface area contributed by atoms with Gasteiger partial charge in [-0.15, -0.1) is 0 Å². The Labute approximate surface area is 110 Å². The zero-order chi connectivity index (χ0) is 13.5. The highest BCUT2D eigenvalue weighted by molar-refractivity contribution is 6.05. The van der Waals surface area contributed by atoms with Crippen molar-refractivity contribution in [3.05, 3.63) is 71.3 Å². The Morgan fingerprint density at radius 2 is 1.68 bits per heavy atom. The summed E-state index contributed by atoms with van der Waals surface area (Å²) in [5.41, 5.74) is 1.52. The predicted octanol–water partition coefficient (Wildman–Crippen LogP) is 3.02. The van der Waals surface area contributed by atoms with Crippen molar-refractivity contribution in [3.63, 3.8) is 0 Å². The van der Waals surface area contributed by atoms with Crippen molar-refractivity contribution in [3.8, 4) is 0 Å². The van der Waals surface area contributed by atoms with E-state index in [1.807, 2.05) is 30.3 Å². The Morgan fingerprint density at radius 3 is 2.42 bits per heavy atom. The van der Waals surface area contributed by atoms with Crippen LogP contribution in [0.3, 0.4) is 0 Å². The van der Waals surface area contributed by atoms with Gasteiger partial charge < -0.3 is 0 Å². The molecule has 1 amide bonds. The van der Waals surface area contributed by atoms with E-state index in [9.17, 15) is 9.59 Å². The SMILES string of the molecule is O=Cc1ccccc1C(=O)N=C=Cc1ccccc1. The van der Waals surface area contributed by atoms with Crippen LogP contribution >= 0.6 is 0 Å². The van der Waals surface area contributed by atoms with Crippen LogP contribution in [0.15, 0.2) is 59.6 Å². The predicted molar refractivity (Wildman–Crippen MR) is 74.5 cm³/mol. The van der Waals surface area contributed by atoms with E-state index in [0.29, 0.717) is 11.8 Å². The lowest BCUT2D eigenvalue weighted by atomic mass is 10.1. The first kappa shape index (κ1) is 12.7. The lowest BCUT2D eigenvalue weighted by Gasteiger charge is -1.96. The van der Waals surface area contributed by atoms with Crippen molar-refractivity contribution in [2.24, 2.45) is 4.99 Å². The standard InChI is InChI=1S/C16H11NO2/c18-12-14-8-4-5-9-15(14)16(19)17-11-10-13-6-2-1-3-7-13/h1-10,12H. The van der Waals surface area contributed by atoms with Gasteiger partial charge in [-0.05, 0) is 17.5 Å². The third-order valence-electron chi connectivity index (χ3n) is 2.52. The maximum Gasteiger partial charge on any atom is 0.285 e. The first-order valence-electron chi connectivity index (χ1n) is 5.74. The molecule has 0 heterocycles. The Morgan fingerprint density at radius 1 is 1.00 bits per heavy atom. The summed E-state index contributed by atoms with van der Waals surface area (Å²) >= 11 is 0. The maximum absolute atomic E-state index is 11.8. The number of rotatable bonds is 3. The highest BCUT2D eigenvalue weighted by atomic mass is 16.1. The first-order chi connectivity index (χ1) is 9.31. The van der Waals surface area contributed by atoms with Crippen LogP contribution in [0.25, 0.3) is 6.08 Å². The van der Waals surface area contributed by atoms with Gasteiger partial charge in [-0.2, -0.15) is 4.99 Å². The van der Waals surface area contributed by atoms with Crippen LogP contribution in [0.2, 0.25) is 0 Å². The van der Waals surface area contributed by atoms with Crippen molar-refractivity contribution < 1.29 is 9.59 Å². The number of hydrogen-bond donors (Lipinski definition) is 0. The molecular weight excluding hydrogens is 238 g/mol. The van der Waals surface area contributed by atoms with Gasteiger partial charge in [0.1, 0.15) is 0 Å². The second-order valence-corrected chi connectivity index (χ2v) is 3.81. The molecule has 2 aromatic carbocycles. The Bertz CT molecular complexity index is 653. The molecule has 0 aromatic heterocycles. The summed E-state index contributed by atoms with van der Waals surface area (Å²) in [5, 5.41) is 0. The minimum absolute atomic E-state index is 0.284. The van der Waals surface area contributed by atoms with E-state index in [2.05, 4.69) is 10.9 Å². The minimum Gasteiger partial charge on any atom is -0.298 e. The number of carbonyl (C=O) groups is 2. The maximum atomic E-state index is 11.8. The zero-order valence-corrected chi connectivity index (χ0v) is 10.1. The monoisotopic (exact) mass is 249 g/mol. The molecule has 92 valence electrons. The van der Waals surface area contributed by atoms with Crippen LogP contribution in [-0.2, 0) is 0 Å². The topological polar surface area (TPSA) is 46.5 Å². The lowest BCUT2D eigenvalue weighted by molar-refractivity contribution is 0.0996. The molecule has 2 aromatic rings. The van der Waals surface area contributed by atoms with Crippen LogP contribution in [0.1, 0.15) is 26.3 Å². The molecule has 3 nitrogen and oxygen atoms in total. The molecule has 0 aliphatic rings. The molecule has 0 unspecified atom stereocenters. The van der Waals surface area contributed by atoms with Crippen molar-refractivity contribution in [2.75, 3.05) is 0 Å². The second kappa shape index (κ2) is 6.24. The van der Waals surface area contributed by atoms with Gasteiger partial charge in [0.05, 0.1) is 5.56 Å². The minimum atomic E-state index is -0.477. The van der Waals surface area contributed by atoms with Gasteiger partial charge in [-0.25, -0.2) is 0 Å². The molecule has 0 atom stereocenters. The second-order valence-electron chi connectivity index (χ2n) is 3.81. The fourth-order valence-corrected chi connectivity index (χ4v) is 1.57. The van der Waals surface area contributed by atoms with Crippen molar-refractivity contribution in [1.29, 1.82) is 0 Å². The van der Waals surface area contributed by atoms with E-state index >= 15 is 0 Å². The van der Waals surface area contributed by atoms with Crippen molar-refractivity contribution in [1.82, 2.24) is 0 Å². The fourth-order valence-electron chi connectivity index (χ4n) is 1.57. The van der Waals surface area contributed by atoms with E-state index < -0.39 is 5.91 Å². The van der Waals surface area contributed by atoms with Crippen LogP contribution in [-0.4, -0.2) is 18.1 Å². The Balaban J connectivity index is 2.22. The van der Waals surface area contributed by atoms with Crippen LogP contribution in [0.5, 0.6) is 0 Å². The lowest BCUT2D eigenvalue weighted by Crippen LogP contribution is -1.99. The summed E-state index contributed by atoms with van der Waals surface area (Å²) < 4.78 is 0. The molecule has 0 aliphatic carbocycles. The average Bonchev–Trinajstić information content (AvgIpc) is 2.48. The number of hydrogen-bond acceptors (Lipinski definition) is 2. The molecule has 0 saturated carbocycles. The van der Waals surface area contributed by atoms with Gasteiger partial charge in [-0.3, -0.25) is 9.59 Å². The van der Waals surface area contributed by atoms with Crippen molar-refractivity contribution in [2.45, 2.75) is 0 Å². The molecule has 19 heavy (non-hydrogen) atoms. The van der Waals surface area contributed by atoms with Gasteiger partial charge in [0.15, 0.2) is 6.29 Å². The van der Waals surface area contributed by atoms with Gasteiger partial charge in [-0.1, -0.05) is 48.5 Å². The number of aldehydes is 1. The Kier molecular flexibility index (Phi) is 4.17. The van der Waals surface area contributed by atoms with Crippen LogP contribution in [0.4, 0.5) is 0 Å². The normalized spacial score (nSPS) is 9.26. The molecule has 0 fully saturated rings. The summed E-state index contributed by atoms with van der Waals surface area (Å²) in [6.07, 6.45) is 2.26. The van der Waals surface area contributed by atoms with E-state index in [0.717, 1.165) is 5.56 Å². The van der Waals surface area contributed by atoms with E-state index in [4.69, 9.17) is 0 Å². The molecule has 0 N–H and O–H groups in total. The molecule has 0 aliphatic heterocycles. The number of carbonyl (C=O) groups excluding carboxylic acids is 2. The first-order valence-corrected chi connectivity index (χ1v) is 5.74. The van der Waals surface area contributed by atoms with Crippen molar-refractivity contribution >= 4 is 24.1 Å². The zero-order valence-electron chi connectivity index (χ0n) is 10.1. The van der Waals surface area contributed by atoms with E-state index in [1.165, 1.54) is 0 Å². The largest absolute Gasteiger partial charge is 0.298 e. The van der Waals surface area contributed by atoms with Crippen LogP contribution < -0.4 is 0 Å². The highest BCUT2D eigenvalue weighted by Crippen LogP contribution is 2.07. The molecule has 3 heteroatoms. The number of nitrogens with zero attached hydrogens (tertiary/aromatic N) is 1. The number of benzene rings is 2. The smallest absolute Gasteiger partial charge is 0.285 e. The molecule has 0 radical (unpaired) electrons. The van der Waals surface area contributed by atoms with E-state index in [1.54, 1.807) is 30.3 Å². The third kappa shape index (κ3) is 3.35. The molecule has 0 spiro atoms. The molecule has 2 rings (SSSR count). The van der Waals surface area contributed by atoms with Crippen LogP contribution in [0, 0.1) is 0 Å². The quantitative estimate of drug-likeness (QED) is 0.620. The highest BCUT2D eigenvalue weighted by Gasteiger charge is 2.07. The van der Waals surface area contributed by atoms with Gasteiger partial charge in [0.25, 0.3) is 5.91 Å². The summed E-state index contributed by atoms with van der Waals surface area (Å²) in [5.74, 6) is 2.11.